The van der Waals surface area contributed by atoms with Gasteiger partial charge in [-0.05, 0) is 68.6 Å². The quantitative estimate of drug-likeness (QED) is 0.262. The van der Waals surface area contributed by atoms with Gasteiger partial charge in [0.25, 0.3) is 5.56 Å². The van der Waals surface area contributed by atoms with Crippen LogP contribution in [0.4, 0.5) is 10.1 Å². The molecule has 2 bridgehead atoms. The van der Waals surface area contributed by atoms with Crippen molar-refractivity contribution in [3.05, 3.63) is 82.4 Å². The first-order chi connectivity index (χ1) is 19.0. The summed E-state index contributed by atoms with van der Waals surface area (Å²) in [4.78, 5) is 38.7. The van der Waals surface area contributed by atoms with Crippen molar-refractivity contribution in [3.63, 3.8) is 0 Å². The molecule has 39 heavy (non-hydrogen) atoms. The number of hydrogen-bond acceptors (Lipinski definition) is 5. The summed E-state index contributed by atoms with van der Waals surface area (Å²) >= 11 is 0. The molecular weight excluding hydrogens is 493 g/mol. The van der Waals surface area contributed by atoms with Gasteiger partial charge in [-0.3, -0.25) is 9.59 Å². The summed E-state index contributed by atoms with van der Waals surface area (Å²) in [5.74, 6) is 0.384. The lowest BCUT2D eigenvalue weighted by Gasteiger charge is -2.45. The number of piperidine rings is 3. The fraction of sp³-hybridized carbons (Fsp3) is 0.258. The molecule has 3 aromatic carbocycles. The lowest BCUT2D eigenvalue weighted by molar-refractivity contribution is 0.0976. The number of hydrogen-bond donors (Lipinski definition) is 3. The minimum Gasteiger partial charge on any atom is -0.379 e. The number of benzene rings is 3. The van der Waals surface area contributed by atoms with E-state index in [0.29, 0.717) is 50.6 Å². The molecule has 0 spiro atoms. The second-order valence-electron chi connectivity index (χ2n) is 10.7. The maximum absolute atomic E-state index is 16.6. The first-order valence-corrected chi connectivity index (χ1v) is 13.4. The smallest absolute Gasteiger partial charge is 0.261 e. The SMILES string of the molecule is CC(=O)c1ccc(-c2ccc3[nH]c(=O)c(-c4nc5ccccc5[nH]4)c(N[C@H]4CN5CCC4CC5)c3c2F)cc1. The van der Waals surface area contributed by atoms with E-state index in [-0.39, 0.29) is 17.4 Å². The fourth-order valence-corrected chi connectivity index (χ4v) is 6.21. The standard InChI is InChI=1S/C31H28FN5O2/c1-17(38)18-6-8-19(9-7-18)21-10-11-24-26(28(21)32)29(33-25-16-37-14-12-20(25)13-15-37)27(31(39)36-24)30-34-22-4-2-3-5-23(22)35-30/h2-11,20,25H,12-16H2,1H3,(H,34,35)(H2,33,36,39)/t25-/m0/s1. The number of fused-ring (bicyclic) bond motifs is 5. The number of pyridine rings is 1. The Kier molecular flexibility index (Phi) is 5.59. The van der Waals surface area contributed by atoms with E-state index in [1.54, 1.807) is 36.4 Å². The van der Waals surface area contributed by atoms with E-state index >= 15 is 4.39 Å². The zero-order chi connectivity index (χ0) is 26.7. The number of halogens is 1. The average molecular weight is 522 g/mol. The molecule has 8 rings (SSSR count). The first kappa shape index (κ1) is 23.8. The predicted molar refractivity (Wildman–Crippen MR) is 152 cm³/mol. The van der Waals surface area contributed by atoms with Crippen LogP contribution in [0.25, 0.3) is 44.5 Å². The fourth-order valence-electron chi connectivity index (χ4n) is 6.21. The van der Waals surface area contributed by atoms with Gasteiger partial charge in [0.1, 0.15) is 17.2 Å². The van der Waals surface area contributed by atoms with Gasteiger partial charge in [-0.15, -0.1) is 0 Å². The highest BCUT2D eigenvalue weighted by Crippen LogP contribution is 2.39. The number of H-pyrrole nitrogens is 2. The molecule has 3 saturated heterocycles. The van der Waals surface area contributed by atoms with E-state index in [9.17, 15) is 9.59 Å². The number of carbonyl (C=O) groups excluding carboxylic acids is 1. The Morgan fingerprint density at radius 2 is 1.77 bits per heavy atom. The Bertz CT molecular complexity index is 1770. The highest BCUT2D eigenvalue weighted by atomic mass is 19.1. The summed E-state index contributed by atoms with van der Waals surface area (Å²) in [6.07, 6.45) is 2.16. The van der Waals surface area contributed by atoms with Gasteiger partial charge in [0.15, 0.2) is 5.78 Å². The topological polar surface area (TPSA) is 93.9 Å². The molecule has 3 N–H and O–H groups in total. The minimum atomic E-state index is -0.430. The Morgan fingerprint density at radius 1 is 1.00 bits per heavy atom. The zero-order valence-electron chi connectivity index (χ0n) is 21.6. The van der Waals surface area contributed by atoms with Crippen molar-refractivity contribution in [2.45, 2.75) is 25.8 Å². The molecule has 0 aliphatic carbocycles. The van der Waals surface area contributed by atoms with E-state index in [2.05, 4.69) is 20.2 Å². The molecule has 3 fully saturated rings. The van der Waals surface area contributed by atoms with Crippen molar-refractivity contribution >= 4 is 33.4 Å². The number of aromatic amines is 2. The number of nitrogens with zero attached hydrogens (tertiary/aromatic N) is 2. The van der Waals surface area contributed by atoms with Gasteiger partial charge in [0, 0.05) is 23.7 Å². The van der Waals surface area contributed by atoms with Crippen LogP contribution in [-0.2, 0) is 0 Å². The monoisotopic (exact) mass is 521 g/mol. The van der Waals surface area contributed by atoms with Crippen molar-refractivity contribution in [2.24, 2.45) is 5.92 Å². The third-order valence-corrected chi connectivity index (χ3v) is 8.33. The van der Waals surface area contributed by atoms with E-state index < -0.39 is 5.82 Å². The number of ketones is 1. The normalized spacial score (nSPS) is 20.5. The van der Waals surface area contributed by atoms with E-state index in [4.69, 9.17) is 4.98 Å². The number of aromatic nitrogens is 3. The Hall–Kier alpha value is -4.30. The number of imidazole rings is 1. The highest BCUT2D eigenvalue weighted by molar-refractivity contribution is 6.02. The van der Waals surface area contributed by atoms with Crippen LogP contribution in [0.15, 0.2) is 65.5 Å². The Labute approximate surface area is 224 Å². The number of Topliss-reactive ketones (excluding diaryl/α,β-unsaturated/α-hetero) is 1. The van der Waals surface area contributed by atoms with Gasteiger partial charge in [0.05, 0.1) is 27.6 Å². The molecule has 5 aromatic rings. The van der Waals surface area contributed by atoms with Gasteiger partial charge in [-0.2, -0.15) is 0 Å². The number of rotatable bonds is 5. The van der Waals surface area contributed by atoms with Gasteiger partial charge in [0.2, 0.25) is 0 Å². The average Bonchev–Trinajstić information content (AvgIpc) is 3.37. The third kappa shape index (κ3) is 4.03. The molecule has 2 aromatic heterocycles. The lowest BCUT2D eigenvalue weighted by atomic mass is 9.83. The van der Waals surface area contributed by atoms with Gasteiger partial charge in [-0.1, -0.05) is 36.4 Å². The first-order valence-electron chi connectivity index (χ1n) is 13.4. The van der Waals surface area contributed by atoms with Crippen LogP contribution in [0, 0.1) is 11.7 Å². The summed E-state index contributed by atoms with van der Waals surface area (Å²) in [5, 5.41) is 3.97. The van der Waals surface area contributed by atoms with Crippen molar-refractivity contribution < 1.29 is 9.18 Å². The number of nitrogens with one attached hydrogen (secondary N) is 3. The summed E-state index contributed by atoms with van der Waals surface area (Å²) in [5.41, 5.74) is 4.03. The number of carbonyl (C=O) groups is 1. The molecule has 1 atom stereocenters. The summed E-state index contributed by atoms with van der Waals surface area (Å²) in [7, 11) is 0. The van der Waals surface area contributed by atoms with Crippen LogP contribution in [0.1, 0.15) is 30.1 Å². The highest BCUT2D eigenvalue weighted by Gasteiger charge is 2.35. The summed E-state index contributed by atoms with van der Waals surface area (Å²) < 4.78 is 16.6. The second kappa shape index (κ2) is 9.17. The second-order valence-corrected chi connectivity index (χ2v) is 10.7. The molecule has 196 valence electrons. The Balaban J connectivity index is 1.45. The summed E-state index contributed by atoms with van der Waals surface area (Å²) in [6, 6.07) is 18.0. The molecule has 7 nitrogen and oxygen atoms in total. The van der Waals surface area contributed by atoms with Crippen molar-refractivity contribution in [2.75, 3.05) is 25.0 Å². The van der Waals surface area contributed by atoms with Gasteiger partial charge in [-0.25, -0.2) is 9.37 Å². The van der Waals surface area contributed by atoms with Crippen LogP contribution in [-0.4, -0.2) is 51.3 Å². The third-order valence-electron chi connectivity index (χ3n) is 8.33. The largest absolute Gasteiger partial charge is 0.379 e. The van der Waals surface area contributed by atoms with Crippen molar-refractivity contribution in [3.8, 4) is 22.5 Å². The van der Waals surface area contributed by atoms with Crippen LogP contribution in [0.5, 0.6) is 0 Å². The maximum atomic E-state index is 16.6. The van der Waals surface area contributed by atoms with E-state index in [0.717, 1.165) is 43.5 Å². The maximum Gasteiger partial charge on any atom is 0.261 e. The lowest BCUT2D eigenvalue weighted by Crippen LogP contribution is -2.53. The molecule has 3 aliphatic rings. The minimum absolute atomic E-state index is 0.0439. The molecule has 5 heterocycles. The zero-order valence-corrected chi connectivity index (χ0v) is 21.6. The molecule has 3 aliphatic heterocycles. The molecular formula is C31H28FN5O2. The van der Waals surface area contributed by atoms with E-state index in [1.807, 2.05) is 24.3 Å². The number of para-hydroxylation sites is 2. The van der Waals surface area contributed by atoms with Crippen LogP contribution in [0.2, 0.25) is 0 Å². The molecule has 0 radical (unpaired) electrons. The van der Waals surface area contributed by atoms with Gasteiger partial charge < -0.3 is 20.2 Å². The summed E-state index contributed by atoms with van der Waals surface area (Å²) in [6.45, 7) is 4.51. The molecule has 0 amide bonds. The van der Waals surface area contributed by atoms with E-state index in [1.165, 1.54) is 6.92 Å². The van der Waals surface area contributed by atoms with Crippen molar-refractivity contribution in [1.82, 2.24) is 19.9 Å². The molecule has 8 heteroatoms. The Morgan fingerprint density at radius 3 is 2.46 bits per heavy atom. The molecule has 0 unspecified atom stereocenters. The van der Waals surface area contributed by atoms with Crippen molar-refractivity contribution in [1.29, 1.82) is 0 Å². The van der Waals surface area contributed by atoms with Crippen LogP contribution < -0.4 is 10.9 Å². The van der Waals surface area contributed by atoms with Gasteiger partial charge >= 0.3 is 0 Å². The number of anilines is 1. The van der Waals surface area contributed by atoms with Crippen LogP contribution in [0.3, 0.4) is 0 Å². The predicted octanol–water partition coefficient (Wildman–Crippen LogP) is 5.59. The molecule has 0 saturated carbocycles. The van der Waals surface area contributed by atoms with Crippen LogP contribution >= 0.6 is 0 Å².